The third kappa shape index (κ3) is 2.52. The second-order valence-electron chi connectivity index (χ2n) is 9.69. The lowest BCUT2D eigenvalue weighted by Gasteiger charge is -2.59. The van der Waals surface area contributed by atoms with E-state index in [2.05, 4.69) is 13.8 Å². The molecule has 0 aromatic heterocycles. The van der Waals surface area contributed by atoms with E-state index >= 15 is 0 Å². The minimum absolute atomic E-state index is 0.00805. The predicted octanol–water partition coefficient (Wildman–Crippen LogP) is 4.17. The molecule has 5 heteroatoms. The summed E-state index contributed by atoms with van der Waals surface area (Å²) >= 11 is 6.62. The van der Waals surface area contributed by atoms with Crippen LogP contribution in [0.3, 0.4) is 0 Å². The minimum Gasteiger partial charge on any atom is -0.481 e. The number of carbonyl (C=O) groups excluding carboxylic acids is 1. The fourth-order valence-corrected chi connectivity index (χ4v) is 7.77. The van der Waals surface area contributed by atoms with Gasteiger partial charge in [0.15, 0.2) is 5.78 Å². The van der Waals surface area contributed by atoms with Gasteiger partial charge < -0.3 is 10.2 Å². The fourth-order valence-electron chi connectivity index (χ4n) is 7.42. The molecule has 0 spiro atoms. The number of aliphatic hydroxyl groups excluding tert-OH is 1. The first kappa shape index (κ1) is 19.2. The SMILES string of the molecule is CC(C(=O)O)[C@H]1CC[C@H]2[C@@H]3CCC4=CC(=O)C=C(Cl)[C@]4(C)[C@H]3C(O)C[C@]12C. The Morgan fingerprint density at radius 3 is 2.63 bits per heavy atom. The number of rotatable bonds is 2. The van der Waals surface area contributed by atoms with Crippen LogP contribution in [0.2, 0.25) is 0 Å². The van der Waals surface area contributed by atoms with Gasteiger partial charge in [-0.15, -0.1) is 0 Å². The molecule has 4 aliphatic rings. The second-order valence-corrected chi connectivity index (χ2v) is 10.1. The van der Waals surface area contributed by atoms with Gasteiger partial charge >= 0.3 is 5.97 Å². The quantitative estimate of drug-likeness (QED) is 0.739. The van der Waals surface area contributed by atoms with Crippen LogP contribution in [0.5, 0.6) is 0 Å². The van der Waals surface area contributed by atoms with Crippen LogP contribution in [0.4, 0.5) is 0 Å². The van der Waals surface area contributed by atoms with Crippen molar-refractivity contribution >= 4 is 23.4 Å². The summed E-state index contributed by atoms with van der Waals surface area (Å²) in [4.78, 5) is 23.6. The summed E-state index contributed by atoms with van der Waals surface area (Å²) in [6, 6.07) is 0. The van der Waals surface area contributed by atoms with Crippen molar-refractivity contribution in [3.63, 3.8) is 0 Å². The maximum Gasteiger partial charge on any atom is 0.306 e. The van der Waals surface area contributed by atoms with Crippen LogP contribution in [0.1, 0.15) is 52.9 Å². The maximum atomic E-state index is 12.0. The highest BCUT2D eigenvalue weighted by Gasteiger charge is 2.63. The molecule has 0 aromatic carbocycles. The van der Waals surface area contributed by atoms with Crippen LogP contribution in [-0.4, -0.2) is 28.1 Å². The van der Waals surface area contributed by atoms with E-state index in [0.29, 0.717) is 23.3 Å². The van der Waals surface area contributed by atoms with Gasteiger partial charge in [0.2, 0.25) is 0 Å². The number of fused-ring (bicyclic) bond motifs is 5. The number of aliphatic carboxylic acids is 1. The standard InChI is InChI=1S/C22H29ClO4/c1-11(20(26)27)15-6-7-16-14-5-4-12-8-13(24)9-18(23)22(12,3)19(14)17(25)10-21(15,16)2/h8-9,11,14-17,19,25H,4-7,10H2,1-3H3,(H,26,27)/t11?,14-,15+,16-,17?,19+,21+,22+/m0/s1. The Bertz CT molecular complexity index is 755. The van der Waals surface area contributed by atoms with Crippen molar-refractivity contribution in [2.75, 3.05) is 0 Å². The van der Waals surface area contributed by atoms with Crippen molar-refractivity contribution in [2.24, 2.45) is 40.4 Å². The highest BCUT2D eigenvalue weighted by Crippen LogP contribution is 2.68. The number of allylic oxidation sites excluding steroid dienone is 4. The molecule has 8 atom stereocenters. The summed E-state index contributed by atoms with van der Waals surface area (Å²) in [5.74, 6) is -0.395. The molecule has 4 aliphatic carbocycles. The number of carboxylic acid groups (broad SMARTS) is 1. The number of carbonyl (C=O) groups is 2. The Balaban J connectivity index is 1.73. The molecule has 0 amide bonds. The first-order valence-corrected chi connectivity index (χ1v) is 10.5. The van der Waals surface area contributed by atoms with Crippen LogP contribution < -0.4 is 0 Å². The van der Waals surface area contributed by atoms with E-state index in [-0.39, 0.29) is 23.0 Å². The summed E-state index contributed by atoms with van der Waals surface area (Å²) in [7, 11) is 0. The van der Waals surface area contributed by atoms with E-state index in [1.165, 1.54) is 6.08 Å². The minimum atomic E-state index is -0.740. The third-order valence-electron chi connectivity index (χ3n) is 8.68. The molecule has 2 N–H and O–H groups in total. The van der Waals surface area contributed by atoms with Crippen LogP contribution in [-0.2, 0) is 9.59 Å². The molecule has 0 aliphatic heterocycles. The van der Waals surface area contributed by atoms with Gasteiger partial charge in [-0.25, -0.2) is 0 Å². The van der Waals surface area contributed by atoms with Crippen LogP contribution >= 0.6 is 11.6 Å². The average molecular weight is 393 g/mol. The zero-order valence-electron chi connectivity index (χ0n) is 16.2. The van der Waals surface area contributed by atoms with Crippen molar-refractivity contribution in [3.05, 3.63) is 22.8 Å². The molecule has 148 valence electrons. The van der Waals surface area contributed by atoms with E-state index < -0.39 is 23.4 Å². The molecule has 0 bridgehead atoms. The summed E-state index contributed by atoms with van der Waals surface area (Å²) in [5.41, 5.74) is 0.420. The monoisotopic (exact) mass is 392 g/mol. The maximum absolute atomic E-state index is 12.0. The average Bonchev–Trinajstić information content (AvgIpc) is 2.91. The van der Waals surface area contributed by atoms with Crippen molar-refractivity contribution in [1.82, 2.24) is 0 Å². The molecule has 0 heterocycles. The highest BCUT2D eigenvalue weighted by molar-refractivity contribution is 6.33. The van der Waals surface area contributed by atoms with Crippen LogP contribution in [0, 0.1) is 40.4 Å². The van der Waals surface area contributed by atoms with Gasteiger partial charge in [0.25, 0.3) is 0 Å². The number of halogens is 1. The lowest BCUT2D eigenvalue weighted by molar-refractivity contribution is -0.150. The number of hydrogen-bond acceptors (Lipinski definition) is 3. The summed E-state index contributed by atoms with van der Waals surface area (Å²) in [5, 5.41) is 21.4. The number of hydrogen-bond donors (Lipinski definition) is 2. The molecular formula is C22H29ClO4. The third-order valence-corrected chi connectivity index (χ3v) is 9.18. The number of ketones is 1. The molecule has 2 unspecified atom stereocenters. The van der Waals surface area contributed by atoms with E-state index in [1.54, 1.807) is 6.08 Å². The van der Waals surface area contributed by atoms with Crippen molar-refractivity contribution < 1.29 is 19.8 Å². The molecule has 3 fully saturated rings. The van der Waals surface area contributed by atoms with E-state index in [4.69, 9.17) is 11.6 Å². The van der Waals surface area contributed by atoms with Crippen molar-refractivity contribution in [2.45, 2.75) is 59.0 Å². The molecule has 4 rings (SSSR count). The lowest BCUT2D eigenvalue weighted by Crippen LogP contribution is -2.57. The first-order chi connectivity index (χ1) is 12.6. The van der Waals surface area contributed by atoms with Crippen LogP contribution in [0.15, 0.2) is 22.8 Å². The summed E-state index contributed by atoms with van der Waals surface area (Å²) in [6.45, 7) is 6.09. The smallest absolute Gasteiger partial charge is 0.306 e. The zero-order chi connectivity index (χ0) is 19.7. The Kier molecular flexibility index (Phi) is 4.40. The van der Waals surface area contributed by atoms with Gasteiger partial charge in [-0.1, -0.05) is 37.9 Å². The van der Waals surface area contributed by atoms with Crippen molar-refractivity contribution in [1.29, 1.82) is 0 Å². The highest BCUT2D eigenvalue weighted by atomic mass is 35.5. The Labute approximate surface area is 165 Å². The molecule has 0 aromatic rings. The topological polar surface area (TPSA) is 74.6 Å². The molecule has 0 radical (unpaired) electrons. The van der Waals surface area contributed by atoms with Gasteiger partial charge in [0, 0.05) is 22.4 Å². The molecule has 0 saturated heterocycles. The Morgan fingerprint density at radius 2 is 1.96 bits per heavy atom. The Hall–Kier alpha value is -1.13. The van der Waals surface area contributed by atoms with Gasteiger partial charge in [0.1, 0.15) is 0 Å². The van der Waals surface area contributed by atoms with Gasteiger partial charge in [-0.05, 0) is 61.3 Å². The van der Waals surface area contributed by atoms with E-state index in [9.17, 15) is 19.8 Å². The van der Waals surface area contributed by atoms with Gasteiger partial charge in [-0.3, -0.25) is 9.59 Å². The first-order valence-electron chi connectivity index (χ1n) is 10.1. The molecular weight excluding hydrogens is 364 g/mol. The largest absolute Gasteiger partial charge is 0.481 e. The van der Waals surface area contributed by atoms with E-state index in [1.807, 2.05) is 6.92 Å². The zero-order valence-corrected chi connectivity index (χ0v) is 17.0. The fraction of sp³-hybridized carbons (Fsp3) is 0.727. The number of aliphatic hydroxyl groups is 1. The second kappa shape index (κ2) is 6.18. The van der Waals surface area contributed by atoms with Gasteiger partial charge in [-0.2, -0.15) is 0 Å². The summed E-state index contributed by atoms with van der Waals surface area (Å²) < 4.78 is 0. The van der Waals surface area contributed by atoms with Crippen molar-refractivity contribution in [3.8, 4) is 0 Å². The molecule has 27 heavy (non-hydrogen) atoms. The summed E-state index contributed by atoms with van der Waals surface area (Å²) in [6.07, 6.45) is 6.99. The predicted molar refractivity (Wildman–Crippen MR) is 103 cm³/mol. The van der Waals surface area contributed by atoms with Crippen LogP contribution in [0.25, 0.3) is 0 Å². The van der Waals surface area contributed by atoms with Gasteiger partial charge in [0.05, 0.1) is 12.0 Å². The number of carboxylic acids is 1. The van der Waals surface area contributed by atoms with E-state index in [0.717, 1.165) is 31.3 Å². The molecule has 4 nitrogen and oxygen atoms in total. The lowest BCUT2D eigenvalue weighted by atomic mass is 9.46. The normalized spacial score (nSPS) is 47.3. The Morgan fingerprint density at radius 1 is 1.26 bits per heavy atom. The molecule has 3 saturated carbocycles.